The van der Waals surface area contributed by atoms with Gasteiger partial charge in [0.25, 0.3) is 0 Å². The zero-order valence-electron chi connectivity index (χ0n) is 14.2. The molecule has 1 aliphatic rings. The quantitative estimate of drug-likeness (QED) is 0.736. The fourth-order valence-corrected chi connectivity index (χ4v) is 3.33. The molecule has 5 nitrogen and oxygen atoms in total. The molecule has 0 saturated carbocycles. The number of carbonyl (C=O) groups is 2. The number of piperidine rings is 1. The van der Waals surface area contributed by atoms with E-state index in [-0.39, 0.29) is 23.8 Å². The van der Waals surface area contributed by atoms with E-state index in [1.165, 1.54) is 7.11 Å². The predicted molar refractivity (Wildman–Crippen MR) is 92.0 cm³/mol. The molecule has 0 spiro atoms. The van der Waals surface area contributed by atoms with Gasteiger partial charge in [-0.15, -0.1) is 0 Å². The first-order chi connectivity index (χ1) is 11.5. The Morgan fingerprint density at radius 1 is 1.29 bits per heavy atom. The summed E-state index contributed by atoms with van der Waals surface area (Å²) in [5.41, 5.74) is 1.10. The predicted octanol–water partition coefficient (Wildman–Crippen LogP) is 2.87. The van der Waals surface area contributed by atoms with Crippen LogP contribution in [0.1, 0.15) is 31.2 Å². The van der Waals surface area contributed by atoms with Gasteiger partial charge in [-0.25, -0.2) is 0 Å². The van der Waals surface area contributed by atoms with Crippen LogP contribution in [0, 0.1) is 5.92 Å². The highest BCUT2D eigenvalue weighted by Gasteiger charge is 2.36. The molecule has 1 saturated heterocycles. The average Bonchev–Trinajstić information content (AvgIpc) is 2.60. The van der Waals surface area contributed by atoms with Crippen LogP contribution in [0.5, 0.6) is 0 Å². The van der Waals surface area contributed by atoms with E-state index >= 15 is 0 Å². The van der Waals surface area contributed by atoms with Crippen molar-refractivity contribution in [2.24, 2.45) is 5.92 Å². The third kappa shape index (κ3) is 4.95. The summed E-state index contributed by atoms with van der Waals surface area (Å²) in [5.74, 6) is -0.552. The Hall–Kier alpha value is -1.59. The molecule has 24 heavy (non-hydrogen) atoms. The largest absolute Gasteiger partial charge is 0.469 e. The van der Waals surface area contributed by atoms with Gasteiger partial charge in [0.15, 0.2) is 0 Å². The van der Waals surface area contributed by atoms with Crippen LogP contribution >= 0.6 is 11.6 Å². The van der Waals surface area contributed by atoms with Crippen LogP contribution in [0.2, 0.25) is 5.02 Å². The number of carbonyl (C=O) groups excluding carboxylic acids is 2. The third-order valence-corrected chi connectivity index (χ3v) is 4.69. The van der Waals surface area contributed by atoms with E-state index in [2.05, 4.69) is 4.90 Å². The van der Waals surface area contributed by atoms with Crippen molar-refractivity contribution < 1.29 is 19.1 Å². The number of ether oxygens (including phenoxy) is 2. The van der Waals surface area contributed by atoms with E-state index in [1.807, 2.05) is 24.3 Å². The monoisotopic (exact) mass is 353 g/mol. The van der Waals surface area contributed by atoms with Gasteiger partial charge in [0.2, 0.25) is 0 Å². The normalized spacial score (nSPS) is 21.3. The molecule has 2 atom stereocenters. The molecule has 0 amide bonds. The molecular weight excluding hydrogens is 330 g/mol. The minimum Gasteiger partial charge on any atom is -0.469 e. The first-order valence-corrected chi connectivity index (χ1v) is 8.64. The van der Waals surface area contributed by atoms with Crippen molar-refractivity contribution in [1.29, 1.82) is 0 Å². The van der Waals surface area contributed by atoms with Crippen molar-refractivity contribution in [2.75, 3.05) is 33.4 Å². The van der Waals surface area contributed by atoms with Crippen LogP contribution in [0.3, 0.4) is 0 Å². The molecule has 132 valence electrons. The van der Waals surface area contributed by atoms with Crippen molar-refractivity contribution in [2.45, 2.75) is 25.7 Å². The van der Waals surface area contributed by atoms with Crippen molar-refractivity contribution in [3.8, 4) is 0 Å². The zero-order valence-corrected chi connectivity index (χ0v) is 14.9. The SMILES string of the molecule is CCOC(=O)CCN1CCC(c2ccc(Cl)cc2)C(C(=O)OC)C1. The number of esters is 2. The first-order valence-electron chi connectivity index (χ1n) is 8.26. The fourth-order valence-electron chi connectivity index (χ4n) is 3.20. The van der Waals surface area contributed by atoms with Crippen LogP contribution in [-0.2, 0) is 19.1 Å². The number of methoxy groups -OCH3 is 1. The summed E-state index contributed by atoms with van der Waals surface area (Å²) in [7, 11) is 1.42. The molecule has 0 aliphatic carbocycles. The average molecular weight is 354 g/mol. The highest BCUT2D eigenvalue weighted by molar-refractivity contribution is 6.30. The van der Waals surface area contributed by atoms with Crippen molar-refractivity contribution in [3.05, 3.63) is 34.9 Å². The minimum absolute atomic E-state index is 0.105. The van der Waals surface area contributed by atoms with Gasteiger partial charge < -0.3 is 14.4 Å². The Morgan fingerprint density at radius 3 is 2.62 bits per heavy atom. The smallest absolute Gasteiger partial charge is 0.310 e. The zero-order chi connectivity index (χ0) is 17.5. The van der Waals surface area contributed by atoms with E-state index in [9.17, 15) is 9.59 Å². The second-order valence-electron chi connectivity index (χ2n) is 5.93. The van der Waals surface area contributed by atoms with Crippen LogP contribution in [0.4, 0.5) is 0 Å². The molecule has 1 aromatic rings. The lowest BCUT2D eigenvalue weighted by Crippen LogP contribution is -2.44. The van der Waals surface area contributed by atoms with Gasteiger partial charge in [-0.2, -0.15) is 0 Å². The Labute approximate surface area is 147 Å². The molecule has 0 radical (unpaired) electrons. The van der Waals surface area contributed by atoms with E-state index in [4.69, 9.17) is 21.1 Å². The van der Waals surface area contributed by atoms with Gasteiger partial charge >= 0.3 is 11.9 Å². The number of hydrogen-bond acceptors (Lipinski definition) is 5. The van der Waals surface area contributed by atoms with Gasteiger partial charge in [0, 0.05) is 18.1 Å². The molecule has 2 unspecified atom stereocenters. The lowest BCUT2D eigenvalue weighted by atomic mass is 9.80. The van der Waals surface area contributed by atoms with E-state index in [0.717, 1.165) is 18.5 Å². The number of likely N-dealkylation sites (tertiary alicyclic amines) is 1. The Balaban J connectivity index is 2.03. The molecule has 2 rings (SSSR count). The molecule has 1 fully saturated rings. The maximum absolute atomic E-state index is 12.2. The summed E-state index contributed by atoms with van der Waals surface area (Å²) < 4.78 is 9.95. The Bertz CT molecular complexity index is 561. The number of hydrogen-bond donors (Lipinski definition) is 0. The molecule has 1 heterocycles. The molecule has 1 aliphatic heterocycles. The van der Waals surface area contributed by atoms with Crippen molar-refractivity contribution in [3.63, 3.8) is 0 Å². The number of halogens is 1. The van der Waals surface area contributed by atoms with Crippen LogP contribution < -0.4 is 0 Å². The molecule has 0 N–H and O–H groups in total. The summed E-state index contributed by atoms with van der Waals surface area (Å²) in [6.45, 7) is 4.20. The second kappa shape index (κ2) is 9.04. The topological polar surface area (TPSA) is 55.8 Å². The summed E-state index contributed by atoms with van der Waals surface area (Å²) in [5, 5.41) is 0.681. The van der Waals surface area contributed by atoms with E-state index < -0.39 is 0 Å². The number of rotatable bonds is 6. The standard InChI is InChI=1S/C18H24ClNO4/c1-3-24-17(21)9-11-20-10-8-15(16(12-20)18(22)23-2)13-4-6-14(19)7-5-13/h4-7,15-16H,3,8-12H2,1-2H3. The summed E-state index contributed by atoms with van der Waals surface area (Å²) in [6, 6.07) is 7.63. The van der Waals surface area contributed by atoms with E-state index in [1.54, 1.807) is 6.92 Å². The molecule has 0 bridgehead atoms. The van der Waals surface area contributed by atoms with Gasteiger partial charge in [0.1, 0.15) is 0 Å². The molecular formula is C18H24ClNO4. The summed E-state index contributed by atoms with van der Waals surface area (Å²) in [6.07, 6.45) is 1.18. The van der Waals surface area contributed by atoms with Gasteiger partial charge in [-0.1, -0.05) is 23.7 Å². The third-order valence-electron chi connectivity index (χ3n) is 4.44. The fraction of sp³-hybridized carbons (Fsp3) is 0.556. The Kier molecular flexibility index (Phi) is 7.06. The summed E-state index contributed by atoms with van der Waals surface area (Å²) >= 11 is 5.95. The van der Waals surface area contributed by atoms with Gasteiger partial charge in [-0.05, 0) is 43.5 Å². The van der Waals surface area contributed by atoms with Crippen molar-refractivity contribution in [1.82, 2.24) is 4.90 Å². The van der Waals surface area contributed by atoms with Crippen LogP contribution in [-0.4, -0.2) is 50.2 Å². The second-order valence-corrected chi connectivity index (χ2v) is 6.37. The first kappa shape index (κ1) is 18.7. The highest BCUT2D eigenvalue weighted by Crippen LogP contribution is 2.34. The lowest BCUT2D eigenvalue weighted by Gasteiger charge is -2.37. The molecule has 6 heteroatoms. The maximum atomic E-state index is 12.2. The van der Waals surface area contributed by atoms with Crippen molar-refractivity contribution >= 4 is 23.5 Å². The number of nitrogens with zero attached hydrogens (tertiary/aromatic N) is 1. The van der Waals surface area contributed by atoms with Gasteiger partial charge in [-0.3, -0.25) is 9.59 Å². The number of benzene rings is 1. The van der Waals surface area contributed by atoms with Crippen LogP contribution in [0.15, 0.2) is 24.3 Å². The Morgan fingerprint density at radius 2 is 2.00 bits per heavy atom. The van der Waals surface area contributed by atoms with Crippen LogP contribution in [0.25, 0.3) is 0 Å². The van der Waals surface area contributed by atoms with E-state index in [0.29, 0.717) is 31.1 Å². The highest BCUT2D eigenvalue weighted by atomic mass is 35.5. The maximum Gasteiger partial charge on any atom is 0.310 e. The minimum atomic E-state index is -0.243. The lowest BCUT2D eigenvalue weighted by molar-refractivity contribution is -0.148. The van der Waals surface area contributed by atoms with Gasteiger partial charge in [0.05, 0.1) is 26.1 Å². The summed E-state index contributed by atoms with van der Waals surface area (Å²) in [4.78, 5) is 25.9. The molecule has 1 aromatic carbocycles. The molecule has 0 aromatic heterocycles.